The van der Waals surface area contributed by atoms with E-state index < -0.39 is 4.92 Å². The zero-order chi connectivity index (χ0) is 10.6. The van der Waals surface area contributed by atoms with Crippen molar-refractivity contribution < 1.29 is 4.92 Å². The van der Waals surface area contributed by atoms with Crippen molar-refractivity contribution in [3.63, 3.8) is 0 Å². The van der Waals surface area contributed by atoms with Crippen molar-refractivity contribution in [2.45, 2.75) is 6.42 Å². The number of nitro groups is 1. The molecule has 0 fully saturated rings. The van der Waals surface area contributed by atoms with Crippen molar-refractivity contribution in [2.75, 3.05) is 0 Å². The number of nitriles is 1. The molecule has 0 amide bonds. The van der Waals surface area contributed by atoms with Crippen molar-refractivity contribution in [2.24, 2.45) is 0 Å². The van der Waals surface area contributed by atoms with Gasteiger partial charge in [0.15, 0.2) is 0 Å². The number of nitrogens with zero attached hydrogens (tertiary/aromatic N) is 2. The lowest BCUT2D eigenvalue weighted by Crippen LogP contribution is -1.95. The molecular weight excluding hydrogens is 180 g/mol. The summed E-state index contributed by atoms with van der Waals surface area (Å²) in [5.41, 5.74) is 0.845. The predicted octanol–water partition coefficient (Wildman–Crippen LogP) is 2.19. The minimum absolute atomic E-state index is 0.0241. The van der Waals surface area contributed by atoms with Crippen molar-refractivity contribution in [3.05, 3.63) is 52.1 Å². The Morgan fingerprint density at radius 1 is 1.64 bits per heavy atom. The van der Waals surface area contributed by atoms with Gasteiger partial charge in [-0.3, -0.25) is 10.1 Å². The van der Waals surface area contributed by atoms with Crippen LogP contribution < -0.4 is 0 Å². The molecule has 1 aromatic rings. The standard InChI is InChI=1S/C10H8N2O2/c1-2-3-9-5-4-8(7-11)6-10(9)12(13)14/h2,4-6H,1,3H2. The normalized spacial score (nSPS) is 9.07. The van der Waals surface area contributed by atoms with E-state index in [1.165, 1.54) is 6.07 Å². The zero-order valence-corrected chi connectivity index (χ0v) is 7.43. The van der Waals surface area contributed by atoms with Gasteiger partial charge in [-0.05, 0) is 12.5 Å². The van der Waals surface area contributed by atoms with Crippen molar-refractivity contribution in [3.8, 4) is 6.07 Å². The highest BCUT2D eigenvalue weighted by molar-refractivity contribution is 5.47. The molecule has 0 atom stereocenters. The number of allylic oxidation sites excluding steroid dienone is 1. The van der Waals surface area contributed by atoms with Gasteiger partial charge >= 0.3 is 0 Å². The van der Waals surface area contributed by atoms with Crippen LogP contribution in [0.5, 0.6) is 0 Å². The molecule has 0 N–H and O–H groups in total. The van der Waals surface area contributed by atoms with Crippen molar-refractivity contribution in [1.82, 2.24) is 0 Å². The Labute approximate surface area is 81.2 Å². The smallest absolute Gasteiger partial charge is 0.258 e. The van der Waals surface area contributed by atoms with Gasteiger partial charge in [0.2, 0.25) is 0 Å². The van der Waals surface area contributed by atoms with Crippen LogP contribution in [0, 0.1) is 21.4 Å². The maximum Gasteiger partial charge on any atom is 0.274 e. The first-order valence-corrected chi connectivity index (χ1v) is 3.97. The fourth-order valence-corrected chi connectivity index (χ4v) is 1.13. The highest BCUT2D eigenvalue weighted by atomic mass is 16.6. The highest BCUT2D eigenvalue weighted by Gasteiger charge is 2.12. The summed E-state index contributed by atoms with van der Waals surface area (Å²) in [6, 6.07) is 6.28. The predicted molar refractivity (Wildman–Crippen MR) is 51.7 cm³/mol. The lowest BCUT2D eigenvalue weighted by Gasteiger charge is -1.99. The molecular formula is C10H8N2O2. The second-order valence-electron chi connectivity index (χ2n) is 2.71. The first-order chi connectivity index (χ1) is 6.69. The molecule has 14 heavy (non-hydrogen) atoms. The van der Waals surface area contributed by atoms with Gasteiger partial charge in [-0.25, -0.2) is 0 Å². The summed E-state index contributed by atoms with van der Waals surface area (Å²) in [4.78, 5) is 10.1. The lowest BCUT2D eigenvalue weighted by atomic mass is 10.1. The summed E-state index contributed by atoms with van der Waals surface area (Å²) in [6.07, 6.45) is 2.02. The summed E-state index contributed by atoms with van der Waals surface area (Å²) in [5.74, 6) is 0. The molecule has 0 aliphatic heterocycles. The third kappa shape index (κ3) is 1.96. The van der Waals surface area contributed by atoms with Gasteiger partial charge < -0.3 is 0 Å². The molecule has 4 heteroatoms. The summed E-state index contributed by atoms with van der Waals surface area (Å²) in [6.45, 7) is 3.51. The molecule has 4 nitrogen and oxygen atoms in total. The maximum atomic E-state index is 10.6. The number of nitro benzene ring substituents is 1. The third-order valence-electron chi connectivity index (χ3n) is 1.78. The van der Waals surface area contributed by atoms with Gasteiger partial charge in [0.25, 0.3) is 5.69 Å². The van der Waals surface area contributed by atoms with Crippen LogP contribution in [0.2, 0.25) is 0 Å². The molecule has 0 saturated heterocycles. The molecule has 1 aromatic carbocycles. The van der Waals surface area contributed by atoms with Gasteiger partial charge in [0.1, 0.15) is 0 Å². The second-order valence-corrected chi connectivity index (χ2v) is 2.71. The largest absolute Gasteiger partial charge is 0.274 e. The average molecular weight is 188 g/mol. The van der Waals surface area contributed by atoms with E-state index in [9.17, 15) is 10.1 Å². The summed E-state index contributed by atoms with van der Waals surface area (Å²) >= 11 is 0. The Balaban J connectivity index is 3.25. The molecule has 0 unspecified atom stereocenters. The minimum Gasteiger partial charge on any atom is -0.258 e. The van der Waals surface area contributed by atoms with Crippen LogP contribution in [0.3, 0.4) is 0 Å². The van der Waals surface area contributed by atoms with E-state index in [1.54, 1.807) is 18.2 Å². The third-order valence-corrected chi connectivity index (χ3v) is 1.78. The zero-order valence-electron chi connectivity index (χ0n) is 7.43. The van der Waals surface area contributed by atoms with Crippen LogP contribution in [0.25, 0.3) is 0 Å². The fourth-order valence-electron chi connectivity index (χ4n) is 1.13. The molecule has 0 aliphatic carbocycles. The Morgan fingerprint density at radius 2 is 2.36 bits per heavy atom. The van der Waals surface area contributed by atoms with Gasteiger partial charge in [-0.1, -0.05) is 12.1 Å². The Bertz CT molecular complexity index is 419. The van der Waals surface area contributed by atoms with E-state index in [4.69, 9.17) is 5.26 Å². The van der Waals surface area contributed by atoms with Crippen LogP contribution >= 0.6 is 0 Å². The first kappa shape index (κ1) is 9.93. The summed E-state index contributed by atoms with van der Waals surface area (Å²) in [5, 5.41) is 19.2. The quantitative estimate of drug-likeness (QED) is 0.415. The van der Waals surface area contributed by atoms with Gasteiger partial charge in [0, 0.05) is 11.6 Å². The molecule has 0 heterocycles. The van der Waals surface area contributed by atoms with Crippen LogP contribution in [0.1, 0.15) is 11.1 Å². The van der Waals surface area contributed by atoms with Crippen LogP contribution in [0.15, 0.2) is 30.9 Å². The molecule has 1 rings (SSSR count). The Hall–Kier alpha value is -2.15. The van der Waals surface area contributed by atoms with E-state index in [0.29, 0.717) is 17.5 Å². The number of hydrogen-bond donors (Lipinski definition) is 0. The van der Waals surface area contributed by atoms with Crippen LogP contribution in [-0.2, 0) is 6.42 Å². The summed E-state index contributed by atoms with van der Waals surface area (Å²) in [7, 11) is 0. The average Bonchev–Trinajstić information content (AvgIpc) is 2.18. The fraction of sp³-hybridized carbons (Fsp3) is 0.100. The van der Waals surface area contributed by atoms with Crippen LogP contribution in [0.4, 0.5) is 5.69 Å². The second kappa shape index (κ2) is 4.19. The van der Waals surface area contributed by atoms with E-state index in [2.05, 4.69) is 6.58 Å². The monoisotopic (exact) mass is 188 g/mol. The highest BCUT2D eigenvalue weighted by Crippen LogP contribution is 2.20. The number of hydrogen-bond acceptors (Lipinski definition) is 3. The van der Waals surface area contributed by atoms with Crippen molar-refractivity contribution >= 4 is 5.69 Å². The Morgan fingerprint density at radius 3 is 2.86 bits per heavy atom. The van der Waals surface area contributed by atoms with E-state index >= 15 is 0 Å². The summed E-state index contributed by atoms with van der Waals surface area (Å²) < 4.78 is 0. The van der Waals surface area contributed by atoms with E-state index in [-0.39, 0.29) is 5.69 Å². The first-order valence-electron chi connectivity index (χ1n) is 3.97. The van der Waals surface area contributed by atoms with Gasteiger partial charge in [-0.15, -0.1) is 6.58 Å². The molecule has 70 valence electrons. The lowest BCUT2D eigenvalue weighted by molar-refractivity contribution is -0.385. The van der Waals surface area contributed by atoms with Gasteiger partial charge in [0.05, 0.1) is 16.6 Å². The number of benzene rings is 1. The van der Waals surface area contributed by atoms with Crippen molar-refractivity contribution in [1.29, 1.82) is 5.26 Å². The molecule has 0 aliphatic rings. The van der Waals surface area contributed by atoms with Gasteiger partial charge in [-0.2, -0.15) is 5.26 Å². The number of rotatable bonds is 3. The molecule has 0 aromatic heterocycles. The van der Waals surface area contributed by atoms with Crippen LogP contribution in [-0.4, -0.2) is 4.92 Å². The molecule has 0 spiro atoms. The molecule has 0 bridgehead atoms. The van der Waals surface area contributed by atoms with E-state index in [1.807, 2.05) is 6.07 Å². The van der Waals surface area contributed by atoms with E-state index in [0.717, 1.165) is 0 Å². The molecule has 0 radical (unpaired) electrons. The SMILES string of the molecule is C=CCc1ccc(C#N)cc1[N+](=O)[O-]. The topological polar surface area (TPSA) is 66.9 Å². The maximum absolute atomic E-state index is 10.6. The minimum atomic E-state index is -0.486. The Kier molecular flexibility index (Phi) is 2.97. The molecule has 0 saturated carbocycles.